The van der Waals surface area contributed by atoms with E-state index in [1.165, 1.54) is 17.7 Å². The second-order valence-electron chi connectivity index (χ2n) is 9.76. The number of pyridine rings is 1. The summed E-state index contributed by atoms with van der Waals surface area (Å²) in [6.07, 6.45) is 4.69. The Kier molecular flexibility index (Phi) is 6.61. The van der Waals surface area contributed by atoms with E-state index in [0.717, 1.165) is 47.2 Å². The zero-order valence-electron chi connectivity index (χ0n) is 20.1. The van der Waals surface area contributed by atoms with Gasteiger partial charge in [0.05, 0.1) is 17.6 Å². The molecule has 1 atom stereocenters. The van der Waals surface area contributed by atoms with Crippen LogP contribution in [-0.4, -0.2) is 30.1 Å². The highest BCUT2D eigenvalue weighted by atomic mass is 32.1. The topological polar surface area (TPSA) is 79.7 Å². The van der Waals surface area contributed by atoms with E-state index in [1.807, 2.05) is 25.1 Å². The van der Waals surface area contributed by atoms with Gasteiger partial charge in [-0.15, -0.1) is 16.4 Å². The molecule has 0 saturated heterocycles. The van der Waals surface area contributed by atoms with Crippen molar-refractivity contribution in [2.75, 3.05) is 0 Å². The lowest BCUT2D eigenvalue weighted by Gasteiger charge is -2.33. The van der Waals surface area contributed by atoms with Gasteiger partial charge < -0.3 is 4.98 Å². The SMILES string of the molecule is Cc1cccc2cc(CN(Cc3cccs3)[C@@H](c3nnnn3C3CCCC3)C(C)C)c(=O)[nH]c12. The van der Waals surface area contributed by atoms with Gasteiger partial charge in [-0.25, -0.2) is 4.68 Å². The van der Waals surface area contributed by atoms with E-state index in [1.54, 1.807) is 11.3 Å². The molecule has 0 amide bonds. The first-order valence-electron chi connectivity index (χ1n) is 12.2. The molecule has 1 aromatic carbocycles. The molecular weight excluding hydrogens is 444 g/mol. The van der Waals surface area contributed by atoms with E-state index in [0.29, 0.717) is 12.6 Å². The zero-order valence-corrected chi connectivity index (χ0v) is 20.9. The average Bonchev–Trinajstić information content (AvgIpc) is 3.58. The zero-order chi connectivity index (χ0) is 23.7. The quantitative estimate of drug-likeness (QED) is 0.368. The number of aromatic amines is 1. The van der Waals surface area contributed by atoms with Gasteiger partial charge in [-0.3, -0.25) is 9.69 Å². The minimum absolute atomic E-state index is 0.00898. The van der Waals surface area contributed by atoms with Gasteiger partial charge in [0.15, 0.2) is 5.82 Å². The van der Waals surface area contributed by atoms with Crippen molar-refractivity contribution in [1.29, 1.82) is 0 Å². The average molecular weight is 477 g/mol. The van der Waals surface area contributed by atoms with Crippen LogP contribution in [0.4, 0.5) is 0 Å². The minimum atomic E-state index is -0.0316. The highest BCUT2D eigenvalue weighted by Gasteiger charge is 2.32. The fourth-order valence-corrected chi connectivity index (χ4v) is 6.04. The van der Waals surface area contributed by atoms with Crippen molar-refractivity contribution >= 4 is 22.2 Å². The molecule has 5 rings (SSSR count). The van der Waals surface area contributed by atoms with Crippen LogP contribution in [0.5, 0.6) is 0 Å². The summed E-state index contributed by atoms with van der Waals surface area (Å²) in [5, 5.41) is 16.2. The fourth-order valence-electron chi connectivity index (χ4n) is 5.31. The van der Waals surface area contributed by atoms with Gasteiger partial charge in [-0.2, -0.15) is 0 Å². The molecule has 34 heavy (non-hydrogen) atoms. The second kappa shape index (κ2) is 9.80. The van der Waals surface area contributed by atoms with Gasteiger partial charge >= 0.3 is 0 Å². The van der Waals surface area contributed by atoms with Crippen LogP contribution in [0.25, 0.3) is 10.9 Å². The molecule has 4 aromatic rings. The predicted molar refractivity (Wildman–Crippen MR) is 136 cm³/mol. The lowest BCUT2D eigenvalue weighted by molar-refractivity contribution is 0.124. The highest BCUT2D eigenvalue weighted by Crippen LogP contribution is 2.35. The summed E-state index contributed by atoms with van der Waals surface area (Å²) in [7, 11) is 0. The van der Waals surface area contributed by atoms with Crippen LogP contribution in [-0.2, 0) is 13.1 Å². The molecule has 1 aliphatic rings. The Labute approximate surface area is 203 Å². The van der Waals surface area contributed by atoms with E-state index >= 15 is 0 Å². The van der Waals surface area contributed by atoms with Gasteiger partial charge in [0.1, 0.15) is 0 Å². The third-order valence-corrected chi connectivity index (χ3v) is 7.82. The summed E-state index contributed by atoms with van der Waals surface area (Å²) in [5.74, 6) is 1.18. The Morgan fingerprint density at radius 3 is 2.74 bits per heavy atom. The summed E-state index contributed by atoms with van der Waals surface area (Å²) >= 11 is 1.74. The van der Waals surface area contributed by atoms with Crippen LogP contribution in [0.3, 0.4) is 0 Å². The standard InChI is InChI=1S/C26H32N6OS/c1-17(2)24(25-28-29-30-32(25)21-10-4-5-11-21)31(16-22-12-7-13-34-22)15-20-14-19-9-6-8-18(3)23(19)27-26(20)33/h6-9,12-14,17,21,24H,4-5,10-11,15-16H2,1-3H3,(H,27,33)/t24-/m1/s1. The number of rotatable bonds is 8. The number of hydrogen-bond acceptors (Lipinski definition) is 6. The number of benzene rings is 1. The molecule has 0 bridgehead atoms. The molecular formula is C26H32N6OS. The first-order chi connectivity index (χ1) is 16.5. The van der Waals surface area contributed by atoms with Crippen molar-refractivity contribution in [3.8, 4) is 0 Å². The molecule has 178 valence electrons. The number of nitrogens with one attached hydrogen (secondary N) is 1. The van der Waals surface area contributed by atoms with Crippen molar-refractivity contribution in [2.24, 2.45) is 5.92 Å². The Morgan fingerprint density at radius 2 is 2.00 bits per heavy atom. The van der Waals surface area contributed by atoms with Crippen molar-refractivity contribution in [3.63, 3.8) is 0 Å². The normalized spacial score (nSPS) is 15.7. The van der Waals surface area contributed by atoms with Crippen molar-refractivity contribution in [1.82, 2.24) is 30.1 Å². The van der Waals surface area contributed by atoms with E-state index in [4.69, 9.17) is 0 Å². The number of nitrogens with zero attached hydrogens (tertiary/aromatic N) is 5. The molecule has 0 spiro atoms. The third-order valence-electron chi connectivity index (χ3n) is 6.96. The molecule has 1 saturated carbocycles. The smallest absolute Gasteiger partial charge is 0.252 e. The summed E-state index contributed by atoms with van der Waals surface area (Å²) in [5.41, 5.74) is 2.72. The molecule has 8 heteroatoms. The van der Waals surface area contributed by atoms with Gasteiger partial charge in [0.25, 0.3) is 5.56 Å². The molecule has 1 N–H and O–H groups in total. The molecule has 3 aromatic heterocycles. The van der Waals surface area contributed by atoms with Crippen molar-refractivity contribution in [3.05, 3.63) is 74.0 Å². The van der Waals surface area contributed by atoms with Crippen LogP contribution < -0.4 is 5.56 Å². The Hall–Kier alpha value is -2.84. The number of aromatic nitrogens is 5. The fraction of sp³-hybridized carbons (Fsp3) is 0.462. The lowest BCUT2D eigenvalue weighted by atomic mass is 9.99. The maximum atomic E-state index is 13.2. The molecule has 0 unspecified atom stereocenters. The molecule has 7 nitrogen and oxygen atoms in total. The van der Waals surface area contributed by atoms with Crippen LogP contribution >= 0.6 is 11.3 Å². The molecule has 0 radical (unpaired) electrons. The largest absolute Gasteiger partial charge is 0.321 e. The molecule has 1 fully saturated rings. The second-order valence-corrected chi connectivity index (χ2v) is 10.8. The summed E-state index contributed by atoms with van der Waals surface area (Å²) in [6, 6.07) is 12.8. The number of thiophene rings is 1. The van der Waals surface area contributed by atoms with Gasteiger partial charge in [-0.1, -0.05) is 51.0 Å². The lowest BCUT2D eigenvalue weighted by Crippen LogP contribution is -2.35. The monoisotopic (exact) mass is 476 g/mol. The summed E-state index contributed by atoms with van der Waals surface area (Å²) < 4.78 is 2.06. The predicted octanol–water partition coefficient (Wildman–Crippen LogP) is 5.40. The number of fused-ring (bicyclic) bond motifs is 1. The number of aryl methyl sites for hydroxylation is 1. The minimum Gasteiger partial charge on any atom is -0.321 e. The van der Waals surface area contributed by atoms with Crippen LogP contribution in [0.1, 0.15) is 73.4 Å². The first-order valence-corrected chi connectivity index (χ1v) is 13.0. The number of tetrazole rings is 1. The van der Waals surface area contributed by atoms with Gasteiger partial charge in [0, 0.05) is 23.5 Å². The number of H-pyrrole nitrogens is 1. The van der Waals surface area contributed by atoms with E-state index in [-0.39, 0.29) is 17.5 Å². The van der Waals surface area contributed by atoms with E-state index < -0.39 is 0 Å². The maximum absolute atomic E-state index is 13.2. The van der Waals surface area contributed by atoms with Gasteiger partial charge in [0.2, 0.25) is 0 Å². The highest BCUT2D eigenvalue weighted by molar-refractivity contribution is 7.09. The Morgan fingerprint density at radius 1 is 1.18 bits per heavy atom. The van der Waals surface area contributed by atoms with Crippen LogP contribution in [0, 0.1) is 12.8 Å². The summed E-state index contributed by atoms with van der Waals surface area (Å²) in [4.78, 5) is 19.9. The van der Waals surface area contributed by atoms with Crippen molar-refractivity contribution < 1.29 is 0 Å². The first kappa shape index (κ1) is 22.9. The summed E-state index contributed by atoms with van der Waals surface area (Å²) in [6.45, 7) is 7.72. The maximum Gasteiger partial charge on any atom is 0.252 e. The van der Waals surface area contributed by atoms with Crippen LogP contribution in [0.2, 0.25) is 0 Å². The van der Waals surface area contributed by atoms with E-state index in [9.17, 15) is 4.79 Å². The van der Waals surface area contributed by atoms with Crippen molar-refractivity contribution in [2.45, 2.75) is 71.6 Å². The Bertz CT molecular complexity index is 1300. The van der Waals surface area contributed by atoms with E-state index in [2.05, 4.69) is 67.5 Å². The van der Waals surface area contributed by atoms with Gasteiger partial charge in [-0.05, 0) is 64.6 Å². The van der Waals surface area contributed by atoms with Crippen LogP contribution in [0.15, 0.2) is 46.6 Å². The molecule has 0 aliphatic heterocycles. The third kappa shape index (κ3) is 4.57. The Balaban J connectivity index is 1.55. The molecule has 3 heterocycles. The number of para-hydroxylation sites is 1. The molecule has 1 aliphatic carbocycles. The number of hydrogen-bond donors (Lipinski definition) is 1.